The number of rotatable bonds is 5. The van der Waals surface area contributed by atoms with Crippen LogP contribution in [0.15, 0.2) is 35.7 Å². The van der Waals surface area contributed by atoms with Crippen molar-refractivity contribution >= 4 is 17.2 Å². The first-order valence-electron chi connectivity index (χ1n) is 8.10. The average molecular weight is 312 g/mol. The van der Waals surface area contributed by atoms with Gasteiger partial charge in [0.2, 0.25) is 5.91 Å². The van der Waals surface area contributed by atoms with Crippen LogP contribution in [0.1, 0.15) is 25.0 Å². The first-order chi connectivity index (χ1) is 10.8. The molecule has 4 heteroatoms. The molecule has 2 aliphatic rings. The number of nitrogens with one attached hydrogen (secondary N) is 1. The molecule has 1 aromatic carbocycles. The second-order valence-corrected chi connectivity index (χ2v) is 7.19. The molecule has 1 heterocycles. The van der Waals surface area contributed by atoms with Crippen LogP contribution < -0.4 is 5.32 Å². The molecule has 4 rings (SSSR count). The summed E-state index contributed by atoms with van der Waals surface area (Å²) in [4.78, 5) is 16.8. The quantitative estimate of drug-likeness (QED) is 0.918. The lowest BCUT2D eigenvalue weighted by Crippen LogP contribution is -2.28. The molecule has 0 aliphatic heterocycles. The smallest absolute Gasteiger partial charge is 0.223 e. The summed E-state index contributed by atoms with van der Waals surface area (Å²) >= 11 is 1.67. The van der Waals surface area contributed by atoms with Gasteiger partial charge in [-0.3, -0.25) is 4.79 Å². The van der Waals surface area contributed by atoms with Crippen molar-refractivity contribution < 1.29 is 4.79 Å². The van der Waals surface area contributed by atoms with Gasteiger partial charge < -0.3 is 5.32 Å². The summed E-state index contributed by atoms with van der Waals surface area (Å²) in [5.74, 6) is 1.99. The molecule has 0 bridgehead atoms. The SMILES string of the molecule is O=C(NCCc1csc(-c2ccccc2)n1)C1C2CCCC21. The molecule has 2 saturated carbocycles. The van der Waals surface area contributed by atoms with E-state index in [0.717, 1.165) is 22.7 Å². The third-order valence-corrected chi connectivity index (χ3v) is 5.90. The van der Waals surface area contributed by atoms with E-state index in [0.29, 0.717) is 24.3 Å². The summed E-state index contributed by atoms with van der Waals surface area (Å²) in [6.45, 7) is 0.701. The fraction of sp³-hybridized carbons (Fsp3) is 0.444. The minimum atomic E-state index is 0.271. The summed E-state index contributed by atoms with van der Waals surface area (Å²) in [7, 11) is 0. The molecule has 0 spiro atoms. The third-order valence-electron chi connectivity index (χ3n) is 4.96. The van der Waals surface area contributed by atoms with Gasteiger partial charge in [0.1, 0.15) is 5.01 Å². The molecule has 1 N–H and O–H groups in total. The minimum absolute atomic E-state index is 0.271. The van der Waals surface area contributed by atoms with Crippen LogP contribution in [0.4, 0.5) is 0 Å². The Labute approximate surface area is 134 Å². The number of thiazole rings is 1. The van der Waals surface area contributed by atoms with Crippen LogP contribution in [0.5, 0.6) is 0 Å². The third kappa shape index (κ3) is 2.68. The average Bonchev–Trinajstić information content (AvgIpc) is 2.94. The van der Waals surface area contributed by atoms with Crippen molar-refractivity contribution in [2.45, 2.75) is 25.7 Å². The van der Waals surface area contributed by atoms with Crippen molar-refractivity contribution in [1.82, 2.24) is 10.3 Å². The maximum Gasteiger partial charge on any atom is 0.223 e. The van der Waals surface area contributed by atoms with Crippen molar-refractivity contribution in [3.8, 4) is 10.6 Å². The lowest BCUT2D eigenvalue weighted by Gasteiger charge is -2.05. The first-order valence-corrected chi connectivity index (χ1v) is 8.98. The van der Waals surface area contributed by atoms with Crippen LogP contribution in [0, 0.1) is 17.8 Å². The van der Waals surface area contributed by atoms with Crippen molar-refractivity contribution in [2.24, 2.45) is 17.8 Å². The van der Waals surface area contributed by atoms with Gasteiger partial charge in [0.05, 0.1) is 5.69 Å². The Morgan fingerprint density at radius 1 is 1.23 bits per heavy atom. The molecule has 2 aliphatic carbocycles. The van der Waals surface area contributed by atoms with Gasteiger partial charge in [-0.1, -0.05) is 36.8 Å². The predicted molar refractivity (Wildman–Crippen MR) is 88.6 cm³/mol. The second-order valence-electron chi connectivity index (χ2n) is 6.34. The van der Waals surface area contributed by atoms with E-state index in [4.69, 9.17) is 0 Å². The summed E-state index contributed by atoms with van der Waals surface area (Å²) < 4.78 is 0. The Balaban J connectivity index is 1.28. The molecular formula is C18H20N2OS. The van der Waals surface area contributed by atoms with Crippen LogP contribution >= 0.6 is 11.3 Å². The molecule has 0 saturated heterocycles. The lowest BCUT2D eigenvalue weighted by atomic mass is 10.1. The molecule has 1 aromatic heterocycles. The van der Waals surface area contributed by atoms with Gasteiger partial charge in [-0.15, -0.1) is 11.3 Å². The highest BCUT2D eigenvalue weighted by molar-refractivity contribution is 7.13. The molecule has 1 amide bonds. The highest BCUT2D eigenvalue weighted by Crippen LogP contribution is 2.57. The first kappa shape index (κ1) is 13.9. The number of benzene rings is 1. The van der Waals surface area contributed by atoms with Gasteiger partial charge in [-0.05, 0) is 24.7 Å². The normalized spacial score (nSPS) is 25.7. The van der Waals surface area contributed by atoms with E-state index in [-0.39, 0.29) is 5.91 Å². The van der Waals surface area contributed by atoms with E-state index in [1.54, 1.807) is 11.3 Å². The molecular weight excluding hydrogens is 292 g/mol. The molecule has 2 atom stereocenters. The van der Waals surface area contributed by atoms with Crippen LogP contribution in [-0.4, -0.2) is 17.4 Å². The maximum absolute atomic E-state index is 12.1. The molecule has 2 unspecified atom stereocenters. The lowest BCUT2D eigenvalue weighted by molar-refractivity contribution is -0.123. The van der Waals surface area contributed by atoms with Crippen molar-refractivity contribution in [1.29, 1.82) is 0 Å². The standard InChI is InChI=1S/C18H20N2OS/c21-17(16-14-7-4-8-15(14)16)19-10-9-13-11-22-18(20-13)12-5-2-1-3-6-12/h1-3,5-6,11,14-16H,4,7-10H2,(H,19,21). The fourth-order valence-corrected chi connectivity index (χ4v) is 4.64. The number of fused-ring (bicyclic) bond motifs is 1. The number of hydrogen-bond donors (Lipinski definition) is 1. The fourth-order valence-electron chi connectivity index (χ4n) is 3.78. The van der Waals surface area contributed by atoms with Crippen LogP contribution in [0.2, 0.25) is 0 Å². The van der Waals surface area contributed by atoms with E-state index in [9.17, 15) is 4.79 Å². The Kier molecular flexibility index (Phi) is 3.70. The number of carbonyl (C=O) groups excluding carboxylic acids is 1. The Hall–Kier alpha value is -1.68. The Bertz CT molecular complexity index is 657. The molecule has 2 fully saturated rings. The molecule has 2 aromatic rings. The zero-order chi connectivity index (χ0) is 14.9. The van der Waals surface area contributed by atoms with Crippen molar-refractivity contribution in [2.75, 3.05) is 6.54 Å². The zero-order valence-electron chi connectivity index (χ0n) is 12.5. The molecule has 0 radical (unpaired) electrons. The van der Waals surface area contributed by atoms with E-state index < -0.39 is 0 Å². The van der Waals surface area contributed by atoms with Crippen LogP contribution in [-0.2, 0) is 11.2 Å². The topological polar surface area (TPSA) is 42.0 Å². The molecule has 22 heavy (non-hydrogen) atoms. The largest absolute Gasteiger partial charge is 0.355 e. The summed E-state index contributed by atoms with van der Waals surface area (Å²) in [6, 6.07) is 10.2. The number of nitrogens with zero attached hydrogens (tertiary/aromatic N) is 1. The van der Waals surface area contributed by atoms with Gasteiger partial charge in [0.15, 0.2) is 0 Å². The van der Waals surface area contributed by atoms with E-state index in [1.165, 1.54) is 19.3 Å². The summed E-state index contributed by atoms with van der Waals surface area (Å²) in [6.07, 6.45) is 4.65. The van der Waals surface area contributed by atoms with Crippen LogP contribution in [0.25, 0.3) is 10.6 Å². The summed E-state index contributed by atoms with van der Waals surface area (Å²) in [5, 5.41) is 6.25. The highest BCUT2D eigenvalue weighted by Gasteiger charge is 2.56. The monoisotopic (exact) mass is 312 g/mol. The summed E-state index contributed by atoms with van der Waals surface area (Å²) in [5.41, 5.74) is 2.23. The van der Waals surface area contributed by atoms with Gasteiger partial charge in [0.25, 0.3) is 0 Å². The molecule has 3 nitrogen and oxygen atoms in total. The Morgan fingerprint density at radius 2 is 2.00 bits per heavy atom. The van der Waals surface area contributed by atoms with E-state index >= 15 is 0 Å². The zero-order valence-corrected chi connectivity index (χ0v) is 13.3. The Morgan fingerprint density at radius 3 is 2.77 bits per heavy atom. The number of amides is 1. The number of carbonyl (C=O) groups is 1. The van der Waals surface area contributed by atoms with Gasteiger partial charge in [-0.2, -0.15) is 0 Å². The van der Waals surface area contributed by atoms with Gasteiger partial charge in [0, 0.05) is 29.8 Å². The predicted octanol–water partition coefficient (Wildman–Crippen LogP) is 3.51. The highest BCUT2D eigenvalue weighted by atomic mass is 32.1. The van der Waals surface area contributed by atoms with Gasteiger partial charge in [-0.25, -0.2) is 4.98 Å². The van der Waals surface area contributed by atoms with Crippen molar-refractivity contribution in [3.63, 3.8) is 0 Å². The maximum atomic E-state index is 12.1. The van der Waals surface area contributed by atoms with Crippen LogP contribution in [0.3, 0.4) is 0 Å². The number of aromatic nitrogens is 1. The van der Waals surface area contributed by atoms with Crippen molar-refractivity contribution in [3.05, 3.63) is 41.4 Å². The second kappa shape index (κ2) is 5.84. The number of hydrogen-bond acceptors (Lipinski definition) is 3. The van der Waals surface area contributed by atoms with Gasteiger partial charge >= 0.3 is 0 Å². The minimum Gasteiger partial charge on any atom is -0.355 e. The van der Waals surface area contributed by atoms with E-state index in [1.807, 2.05) is 18.2 Å². The van der Waals surface area contributed by atoms with E-state index in [2.05, 4.69) is 27.8 Å². The molecule has 114 valence electrons.